The van der Waals surface area contributed by atoms with Gasteiger partial charge in [-0.15, -0.1) is 0 Å². The van der Waals surface area contributed by atoms with Crippen molar-refractivity contribution in [3.8, 4) is 22.3 Å². The molecule has 9 rings (SSSR count). The van der Waals surface area contributed by atoms with Crippen LogP contribution in [0.1, 0.15) is 32.7 Å². The molecule has 1 aliphatic carbocycles. The fourth-order valence-electron chi connectivity index (χ4n) is 7.49. The van der Waals surface area contributed by atoms with E-state index in [2.05, 4.69) is 127 Å². The number of amides is 1. The lowest BCUT2D eigenvalue weighted by Gasteiger charge is -2.21. The molecule has 1 aromatic heterocycles. The molecular weight excluding hydrogens is 585 g/mol. The molecule has 7 aromatic carbocycles. The number of benzene rings is 7. The van der Waals surface area contributed by atoms with E-state index in [0.29, 0.717) is 12.2 Å². The largest absolute Gasteiger partial charge is 0.347 e. The number of aromatic nitrogens is 1. The lowest BCUT2D eigenvalue weighted by atomic mass is 9.82. The number of nitrogens with zero attached hydrogens (tertiary/aromatic N) is 1. The zero-order valence-electron chi connectivity index (χ0n) is 26.2. The molecule has 1 N–H and O–H groups in total. The van der Waals surface area contributed by atoms with Gasteiger partial charge in [0.1, 0.15) is 5.69 Å². The molecule has 1 heterocycles. The highest BCUT2D eigenvalue weighted by Crippen LogP contribution is 2.54. The monoisotopic (exact) mass is 614 g/mol. The SMILES string of the molecule is O=C(NCc1ccccc1)c1nccc2c(-c3ccccc3)c3c4c(c(-c5ccccc5)c5ccccc5c4c12)C(c1ccccc1)=C3. The highest BCUT2D eigenvalue weighted by atomic mass is 16.1. The third kappa shape index (κ3) is 4.44. The van der Waals surface area contributed by atoms with E-state index in [1.54, 1.807) is 6.20 Å². The van der Waals surface area contributed by atoms with Gasteiger partial charge in [0.2, 0.25) is 0 Å². The van der Waals surface area contributed by atoms with Gasteiger partial charge in [0.15, 0.2) is 0 Å². The van der Waals surface area contributed by atoms with Gasteiger partial charge in [0, 0.05) is 23.5 Å². The summed E-state index contributed by atoms with van der Waals surface area (Å²) in [4.78, 5) is 19.1. The maximum absolute atomic E-state index is 14.2. The third-order valence-electron chi connectivity index (χ3n) is 9.50. The van der Waals surface area contributed by atoms with E-state index in [0.717, 1.165) is 60.1 Å². The summed E-state index contributed by atoms with van der Waals surface area (Å²) in [6.45, 7) is 0.420. The Bertz CT molecular complexity index is 2540. The Hall–Kier alpha value is -6.32. The van der Waals surface area contributed by atoms with E-state index < -0.39 is 0 Å². The average Bonchev–Trinajstić information content (AvgIpc) is 3.55. The Kier molecular flexibility index (Phi) is 6.69. The first-order chi connectivity index (χ1) is 23.8. The summed E-state index contributed by atoms with van der Waals surface area (Å²) in [6.07, 6.45) is 4.15. The third-order valence-corrected chi connectivity index (χ3v) is 9.50. The molecule has 0 unspecified atom stereocenters. The Labute approximate surface area is 278 Å². The summed E-state index contributed by atoms with van der Waals surface area (Å²) in [5.74, 6) is -0.189. The fraction of sp³-hybridized carbons (Fsp3) is 0.0222. The van der Waals surface area contributed by atoms with E-state index in [1.807, 2.05) is 36.4 Å². The maximum atomic E-state index is 14.2. The van der Waals surface area contributed by atoms with Gasteiger partial charge in [-0.1, -0.05) is 146 Å². The molecule has 48 heavy (non-hydrogen) atoms. The lowest BCUT2D eigenvalue weighted by molar-refractivity contribution is 0.0948. The minimum absolute atomic E-state index is 0.189. The predicted octanol–water partition coefficient (Wildman–Crippen LogP) is 10.7. The Balaban J connectivity index is 1.46. The van der Waals surface area contributed by atoms with Crippen LogP contribution >= 0.6 is 0 Å². The van der Waals surface area contributed by atoms with Gasteiger partial charge in [-0.05, 0) is 83.8 Å². The first kappa shape index (κ1) is 27.9. The lowest BCUT2D eigenvalue weighted by Crippen LogP contribution is -2.24. The van der Waals surface area contributed by atoms with Gasteiger partial charge in [0.25, 0.3) is 5.91 Å². The standard InChI is InChI=1S/C45H30N2O/c48-45(47-28-29-15-5-1-6-16-29)44-43-35(25-26-46-44)38(31-19-9-3-10-20-31)37-27-36(30-17-7-2-8-18-30)41-39(32-21-11-4-12-22-32)33-23-13-14-24-34(33)40(43)42(37)41/h1-27H,28H2,(H,47,48). The van der Waals surface area contributed by atoms with Crippen molar-refractivity contribution < 1.29 is 4.79 Å². The van der Waals surface area contributed by atoms with Crippen LogP contribution in [0.3, 0.4) is 0 Å². The van der Waals surface area contributed by atoms with Crippen molar-refractivity contribution in [2.24, 2.45) is 0 Å². The van der Waals surface area contributed by atoms with Crippen molar-refractivity contribution in [2.45, 2.75) is 6.54 Å². The van der Waals surface area contributed by atoms with Gasteiger partial charge in [0.05, 0.1) is 0 Å². The highest BCUT2D eigenvalue weighted by Gasteiger charge is 2.31. The molecule has 0 aliphatic heterocycles. The summed E-state index contributed by atoms with van der Waals surface area (Å²) in [5, 5.41) is 9.54. The molecule has 0 bridgehead atoms. The Morgan fingerprint density at radius 3 is 1.73 bits per heavy atom. The van der Waals surface area contributed by atoms with Gasteiger partial charge in [-0.25, -0.2) is 0 Å². The number of hydrogen-bond acceptors (Lipinski definition) is 2. The quantitative estimate of drug-likeness (QED) is 0.189. The minimum atomic E-state index is -0.189. The van der Waals surface area contributed by atoms with Crippen molar-refractivity contribution in [2.75, 3.05) is 0 Å². The molecule has 0 fully saturated rings. The molecule has 8 aromatic rings. The molecule has 3 heteroatoms. The number of nitrogens with one attached hydrogen (secondary N) is 1. The number of pyridine rings is 1. The number of carbonyl (C=O) groups is 1. The van der Waals surface area contributed by atoms with E-state index in [9.17, 15) is 4.79 Å². The summed E-state index contributed by atoms with van der Waals surface area (Å²) < 4.78 is 0. The van der Waals surface area contributed by atoms with E-state index >= 15 is 0 Å². The Morgan fingerprint density at radius 1 is 0.500 bits per heavy atom. The predicted molar refractivity (Wildman–Crippen MR) is 199 cm³/mol. The fourth-order valence-corrected chi connectivity index (χ4v) is 7.49. The van der Waals surface area contributed by atoms with Crippen molar-refractivity contribution in [1.82, 2.24) is 10.3 Å². The van der Waals surface area contributed by atoms with Gasteiger partial charge in [-0.2, -0.15) is 0 Å². The molecule has 1 amide bonds. The molecule has 0 atom stereocenters. The van der Waals surface area contributed by atoms with E-state index in [-0.39, 0.29) is 5.91 Å². The molecule has 3 nitrogen and oxygen atoms in total. The second-order valence-corrected chi connectivity index (χ2v) is 12.2. The number of carbonyl (C=O) groups excluding carboxylic acids is 1. The zero-order chi connectivity index (χ0) is 32.0. The average molecular weight is 615 g/mol. The van der Waals surface area contributed by atoms with Gasteiger partial charge in [-0.3, -0.25) is 9.78 Å². The summed E-state index contributed by atoms with van der Waals surface area (Å²) >= 11 is 0. The Morgan fingerprint density at radius 2 is 1.06 bits per heavy atom. The number of hydrogen-bond donors (Lipinski definition) is 1. The van der Waals surface area contributed by atoms with Gasteiger partial charge >= 0.3 is 0 Å². The molecule has 0 spiro atoms. The topological polar surface area (TPSA) is 42.0 Å². The van der Waals surface area contributed by atoms with Crippen LogP contribution in [0.4, 0.5) is 0 Å². The van der Waals surface area contributed by atoms with Gasteiger partial charge < -0.3 is 5.32 Å². The van der Waals surface area contributed by atoms with Crippen LogP contribution in [0, 0.1) is 0 Å². The maximum Gasteiger partial charge on any atom is 0.270 e. The van der Waals surface area contributed by atoms with Crippen LogP contribution in [0.5, 0.6) is 0 Å². The second-order valence-electron chi connectivity index (χ2n) is 12.2. The summed E-state index contributed by atoms with van der Waals surface area (Å²) in [5.41, 5.74) is 10.7. The summed E-state index contributed by atoms with van der Waals surface area (Å²) in [7, 11) is 0. The van der Waals surface area contributed by atoms with Crippen LogP contribution < -0.4 is 5.32 Å². The molecule has 0 saturated heterocycles. The van der Waals surface area contributed by atoms with Crippen molar-refractivity contribution in [3.05, 3.63) is 186 Å². The zero-order valence-corrected chi connectivity index (χ0v) is 26.2. The van der Waals surface area contributed by atoms with Crippen molar-refractivity contribution >= 4 is 49.9 Å². The molecule has 0 radical (unpaired) electrons. The van der Waals surface area contributed by atoms with Crippen molar-refractivity contribution in [1.29, 1.82) is 0 Å². The molecule has 226 valence electrons. The van der Waals surface area contributed by atoms with Crippen LogP contribution in [0.25, 0.3) is 66.2 Å². The van der Waals surface area contributed by atoms with Crippen LogP contribution in [0.2, 0.25) is 0 Å². The first-order valence-corrected chi connectivity index (χ1v) is 16.3. The van der Waals surface area contributed by atoms with Crippen LogP contribution in [-0.2, 0) is 6.54 Å². The van der Waals surface area contributed by atoms with Crippen molar-refractivity contribution in [3.63, 3.8) is 0 Å². The minimum Gasteiger partial charge on any atom is -0.347 e. The number of rotatable bonds is 6. The van der Waals surface area contributed by atoms with Crippen LogP contribution in [-0.4, -0.2) is 10.9 Å². The van der Waals surface area contributed by atoms with E-state index in [4.69, 9.17) is 4.98 Å². The molecular formula is C45H30N2O. The number of fused-ring (bicyclic) bond motifs is 4. The molecule has 0 saturated carbocycles. The smallest absolute Gasteiger partial charge is 0.270 e. The highest BCUT2D eigenvalue weighted by molar-refractivity contribution is 6.36. The second kappa shape index (κ2) is 11.5. The summed E-state index contributed by atoms with van der Waals surface area (Å²) in [6, 6.07) is 52.6. The van der Waals surface area contributed by atoms with E-state index in [1.165, 1.54) is 22.3 Å². The first-order valence-electron chi connectivity index (χ1n) is 16.3. The normalized spacial score (nSPS) is 12.0. The van der Waals surface area contributed by atoms with Crippen LogP contribution in [0.15, 0.2) is 158 Å². The molecule has 1 aliphatic rings.